The van der Waals surface area contributed by atoms with Crippen molar-refractivity contribution in [2.75, 3.05) is 11.4 Å². The lowest BCUT2D eigenvalue weighted by Gasteiger charge is -2.19. The van der Waals surface area contributed by atoms with E-state index in [-0.39, 0.29) is 22.9 Å². The molecule has 0 spiro atoms. The highest BCUT2D eigenvalue weighted by atomic mass is 79.9. The second-order valence-corrected chi connectivity index (χ2v) is 8.04. The normalized spacial score (nSPS) is 17.8. The predicted molar refractivity (Wildman–Crippen MR) is 106 cm³/mol. The highest BCUT2D eigenvalue weighted by Gasteiger charge is 2.30. The first-order chi connectivity index (χ1) is 12.5. The third-order valence-corrected chi connectivity index (χ3v) is 6.03. The van der Waals surface area contributed by atoms with Crippen LogP contribution in [-0.2, 0) is 12.8 Å². The molecule has 0 saturated carbocycles. The molecule has 0 bridgehead atoms. The summed E-state index contributed by atoms with van der Waals surface area (Å²) in [6.07, 6.45) is 3.48. The Hall–Kier alpha value is -2.40. The number of nitrogens with zero attached hydrogens (tertiary/aromatic N) is 2. The Morgan fingerprint density at radius 2 is 2.04 bits per heavy atom. The van der Waals surface area contributed by atoms with Gasteiger partial charge in [0.15, 0.2) is 0 Å². The van der Waals surface area contributed by atoms with E-state index in [1.807, 2.05) is 30.3 Å². The first kappa shape index (κ1) is 15.8. The molecule has 26 heavy (non-hydrogen) atoms. The monoisotopic (exact) mass is 408 g/mol. The Balaban J connectivity index is 1.67. The number of carbonyl (C=O) groups excluding carboxylic acids is 1. The zero-order valence-electron chi connectivity index (χ0n) is 14.3. The van der Waals surface area contributed by atoms with E-state index < -0.39 is 0 Å². The summed E-state index contributed by atoms with van der Waals surface area (Å²) in [6, 6.07) is 12.0. The molecule has 5 heteroatoms. The molecule has 4 nitrogen and oxygen atoms in total. The van der Waals surface area contributed by atoms with Crippen LogP contribution in [0.2, 0.25) is 0 Å². The van der Waals surface area contributed by atoms with E-state index in [0.29, 0.717) is 11.9 Å². The van der Waals surface area contributed by atoms with Gasteiger partial charge in [0.25, 0.3) is 5.91 Å². The van der Waals surface area contributed by atoms with E-state index >= 15 is 0 Å². The molecule has 3 aromatic rings. The van der Waals surface area contributed by atoms with Crippen LogP contribution in [-0.4, -0.2) is 17.0 Å². The zero-order valence-corrected chi connectivity index (χ0v) is 15.9. The van der Waals surface area contributed by atoms with E-state index in [1.54, 1.807) is 11.1 Å². The lowest BCUT2D eigenvalue weighted by atomic mass is 10.1. The Kier molecular flexibility index (Phi) is 3.38. The van der Waals surface area contributed by atoms with Crippen molar-refractivity contribution in [3.63, 3.8) is 0 Å². The number of amides is 1. The fourth-order valence-electron chi connectivity index (χ4n) is 4.29. The van der Waals surface area contributed by atoms with E-state index in [4.69, 9.17) is 0 Å². The third-order valence-electron chi connectivity index (χ3n) is 5.54. The molecule has 0 N–H and O–H groups in total. The number of hydrogen-bond acceptors (Lipinski definition) is 2. The minimum absolute atomic E-state index is 0.164. The summed E-state index contributed by atoms with van der Waals surface area (Å²) in [4.78, 5) is 28.1. The maximum absolute atomic E-state index is 13.3. The summed E-state index contributed by atoms with van der Waals surface area (Å²) in [6.45, 7) is 2.73. The molecule has 1 aromatic heterocycles. The highest BCUT2D eigenvalue weighted by molar-refractivity contribution is 9.10. The van der Waals surface area contributed by atoms with Crippen LogP contribution >= 0.6 is 15.9 Å². The number of halogens is 1. The van der Waals surface area contributed by atoms with E-state index in [1.165, 1.54) is 5.56 Å². The van der Waals surface area contributed by atoms with Crippen molar-refractivity contribution in [3.05, 3.63) is 74.0 Å². The molecular weight excluding hydrogens is 392 g/mol. The number of aromatic nitrogens is 1. The molecule has 0 radical (unpaired) electrons. The van der Waals surface area contributed by atoms with E-state index in [0.717, 1.165) is 34.1 Å². The zero-order chi connectivity index (χ0) is 18.0. The van der Waals surface area contributed by atoms with Gasteiger partial charge < -0.3 is 9.47 Å². The van der Waals surface area contributed by atoms with Crippen molar-refractivity contribution in [1.82, 2.24) is 4.57 Å². The Morgan fingerprint density at radius 3 is 2.88 bits per heavy atom. The molecule has 2 aromatic carbocycles. The van der Waals surface area contributed by atoms with Crippen LogP contribution in [0.15, 0.2) is 51.9 Å². The maximum Gasteiger partial charge on any atom is 0.263 e. The molecule has 2 aliphatic rings. The number of fused-ring (bicyclic) bond motifs is 1. The number of anilines is 1. The van der Waals surface area contributed by atoms with Gasteiger partial charge in [0.1, 0.15) is 5.56 Å². The molecule has 0 saturated heterocycles. The summed E-state index contributed by atoms with van der Waals surface area (Å²) in [7, 11) is 0. The maximum atomic E-state index is 13.3. The standard InChI is InChI=1S/C21H17BrN2O2/c1-12-9-14-3-2-4-16-19(14)24(12)11-17(20(16)25)21(26)23-8-7-13-10-15(22)5-6-18(13)23/h2-6,10-12H,7-9H2,1H3/t12-/m1/s1. The van der Waals surface area contributed by atoms with Gasteiger partial charge in [-0.1, -0.05) is 28.1 Å². The van der Waals surface area contributed by atoms with Gasteiger partial charge in [0.05, 0.1) is 5.52 Å². The number of pyridine rings is 1. The Morgan fingerprint density at radius 1 is 1.19 bits per heavy atom. The molecule has 1 amide bonds. The number of hydrogen-bond donors (Lipinski definition) is 0. The fourth-order valence-corrected chi connectivity index (χ4v) is 4.70. The van der Waals surface area contributed by atoms with Gasteiger partial charge in [-0.05, 0) is 55.2 Å². The number of para-hydroxylation sites is 1. The van der Waals surface area contributed by atoms with Crippen molar-refractivity contribution >= 4 is 38.4 Å². The molecule has 3 heterocycles. The van der Waals surface area contributed by atoms with Crippen LogP contribution in [0, 0.1) is 0 Å². The molecule has 5 rings (SSSR count). The van der Waals surface area contributed by atoms with Crippen LogP contribution < -0.4 is 10.3 Å². The van der Waals surface area contributed by atoms with Crippen molar-refractivity contribution in [2.24, 2.45) is 0 Å². The minimum atomic E-state index is -0.203. The number of benzene rings is 2. The average Bonchev–Trinajstić information content (AvgIpc) is 3.18. The highest BCUT2D eigenvalue weighted by Crippen LogP contribution is 2.33. The summed E-state index contributed by atoms with van der Waals surface area (Å²) >= 11 is 3.48. The van der Waals surface area contributed by atoms with Gasteiger partial charge in [0, 0.05) is 34.3 Å². The fraction of sp³-hybridized carbons (Fsp3) is 0.238. The van der Waals surface area contributed by atoms with Crippen LogP contribution in [0.3, 0.4) is 0 Å². The van der Waals surface area contributed by atoms with Gasteiger partial charge in [-0.25, -0.2) is 0 Å². The average molecular weight is 409 g/mol. The van der Waals surface area contributed by atoms with Gasteiger partial charge in [-0.15, -0.1) is 0 Å². The van der Waals surface area contributed by atoms with Crippen LogP contribution in [0.4, 0.5) is 5.69 Å². The summed E-state index contributed by atoms with van der Waals surface area (Å²) in [5.74, 6) is -0.203. The second-order valence-electron chi connectivity index (χ2n) is 7.13. The topological polar surface area (TPSA) is 42.3 Å². The molecule has 1 atom stereocenters. The Bertz CT molecular complexity index is 1150. The van der Waals surface area contributed by atoms with Crippen LogP contribution in [0.1, 0.15) is 34.5 Å². The van der Waals surface area contributed by atoms with Crippen LogP contribution in [0.25, 0.3) is 10.9 Å². The number of carbonyl (C=O) groups is 1. The van der Waals surface area contributed by atoms with Gasteiger partial charge in [-0.3, -0.25) is 9.59 Å². The SMILES string of the molecule is C[C@@H]1Cc2cccc3c(=O)c(C(=O)N4CCc5cc(Br)ccc54)cn1c23. The second kappa shape index (κ2) is 5.55. The molecule has 0 unspecified atom stereocenters. The largest absolute Gasteiger partial charge is 0.343 e. The third kappa shape index (κ3) is 2.13. The van der Waals surface area contributed by atoms with Crippen molar-refractivity contribution < 1.29 is 4.79 Å². The molecular formula is C21H17BrN2O2. The summed E-state index contributed by atoms with van der Waals surface area (Å²) in [5, 5.41) is 0.646. The van der Waals surface area contributed by atoms with Gasteiger partial charge >= 0.3 is 0 Å². The number of rotatable bonds is 1. The predicted octanol–water partition coefficient (Wildman–Crippen LogP) is 4.08. The molecule has 130 valence electrons. The first-order valence-corrected chi connectivity index (χ1v) is 9.61. The molecule has 0 fully saturated rings. The van der Waals surface area contributed by atoms with E-state index in [2.05, 4.69) is 33.5 Å². The minimum Gasteiger partial charge on any atom is -0.343 e. The van der Waals surface area contributed by atoms with E-state index in [9.17, 15) is 9.59 Å². The van der Waals surface area contributed by atoms with Gasteiger partial charge in [0.2, 0.25) is 5.43 Å². The van der Waals surface area contributed by atoms with Crippen molar-refractivity contribution in [3.8, 4) is 0 Å². The van der Waals surface area contributed by atoms with Crippen molar-refractivity contribution in [2.45, 2.75) is 25.8 Å². The Labute approximate surface area is 159 Å². The van der Waals surface area contributed by atoms with Crippen LogP contribution in [0.5, 0.6) is 0 Å². The molecule has 2 aliphatic heterocycles. The lowest BCUT2D eigenvalue weighted by Crippen LogP contribution is -2.33. The smallest absolute Gasteiger partial charge is 0.263 e. The first-order valence-electron chi connectivity index (χ1n) is 8.81. The summed E-state index contributed by atoms with van der Waals surface area (Å²) < 4.78 is 3.10. The molecule has 0 aliphatic carbocycles. The van der Waals surface area contributed by atoms with Gasteiger partial charge in [-0.2, -0.15) is 0 Å². The summed E-state index contributed by atoms with van der Waals surface area (Å²) in [5.41, 5.74) is 4.30. The lowest BCUT2D eigenvalue weighted by molar-refractivity contribution is 0.0988. The quantitative estimate of drug-likeness (QED) is 0.608. The van der Waals surface area contributed by atoms with Crippen molar-refractivity contribution in [1.29, 1.82) is 0 Å².